The van der Waals surface area contributed by atoms with E-state index < -0.39 is 0 Å². The van der Waals surface area contributed by atoms with Crippen LogP contribution in [0.4, 0.5) is 15.8 Å². The van der Waals surface area contributed by atoms with Crippen LogP contribution in [0.5, 0.6) is 0 Å². The first-order chi connectivity index (χ1) is 10.2. The van der Waals surface area contributed by atoms with Gasteiger partial charge in [-0.05, 0) is 48.4 Å². The lowest BCUT2D eigenvalue weighted by molar-refractivity contribution is -0.115. The van der Waals surface area contributed by atoms with Crippen molar-refractivity contribution in [3.05, 3.63) is 59.9 Å². The highest BCUT2D eigenvalue weighted by Crippen LogP contribution is 2.14. The van der Waals surface area contributed by atoms with E-state index >= 15 is 0 Å². The minimum absolute atomic E-state index is 0.115. The molecule has 0 aliphatic rings. The Hall–Kier alpha value is -2.36. The molecule has 0 aromatic heterocycles. The normalized spacial score (nSPS) is 10.2. The topological polar surface area (TPSA) is 41.1 Å². The molecule has 2 aromatic rings. The molecule has 0 atom stereocenters. The van der Waals surface area contributed by atoms with Crippen LogP contribution in [0.15, 0.2) is 48.5 Å². The fourth-order valence-electron chi connectivity index (χ4n) is 1.93. The third kappa shape index (κ3) is 4.91. The standard InChI is InChI=1S/C17H19FN2O/c1-2-11-19-15-7-9-16(10-8-15)20-17(21)12-13-3-5-14(18)6-4-13/h3-10,19H,2,11-12H2,1H3,(H,20,21). The van der Waals surface area contributed by atoms with Crippen LogP contribution in [0.2, 0.25) is 0 Å². The molecule has 3 nitrogen and oxygen atoms in total. The highest BCUT2D eigenvalue weighted by atomic mass is 19.1. The summed E-state index contributed by atoms with van der Waals surface area (Å²) in [4.78, 5) is 11.9. The Morgan fingerprint density at radius 3 is 2.24 bits per heavy atom. The molecule has 1 amide bonds. The first-order valence-electron chi connectivity index (χ1n) is 7.05. The van der Waals surface area contributed by atoms with E-state index in [-0.39, 0.29) is 18.1 Å². The second-order valence-corrected chi connectivity index (χ2v) is 4.86. The lowest BCUT2D eigenvalue weighted by Crippen LogP contribution is -2.14. The number of carbonyl (C=O) groups excluding carboxylic acids is 1. The molecule has 21 heavy (non-hydrogen) atoms. The van der Waals surface area contributed by atoms with Crippen molar-refractivity contribution in [2.24, 2.45) is 0 Å². The number of carbonyl (C=O) groups is 1. The molecule has 2 N–H and O–H groups in total. The van der Waals surface area contributed by atoms with E-state index in [1.807, 2.05) is 24.3 Å². The minimum atomic E-state index is -0.297. The van der Waals surface area contributed by atoms with Gasteiger partial charge in [0.1, 0.15) is 5.82 Å². The monoisotopic (exact) mass is 286 g/mol. The lowest BCUT2D eigenvalue weighted by atomic mass is 10.1. The van der Waals surface area contributed by atoms with E-state index in [2.05, 4.69) is 17.6 Å². The molecule has 0 aliphatic carbocycles. The Kier molecular flexibility index (Phi) is 5.32. The SMILES string of the molecule is CCCNc1ccc(NC(=O)Cc2ccc(F)cc2)cc1. The highest BCUT2D eigenvalue weighted by molar-refractivity contribution is 5.92. The number of hydrogen-bond acceptors (Lipinski definition) is 2. The number of hydrogen-bond donors (Lipinski definition) is 2. The number of rotatable bonds is 6. The van der Waals surface area contributed by atoms with E-state index in [1.54, 1.807) is 12.1 Å². The van der Waals surface area contributed by atoms with Crippen LogP contribution in [-0.4, -0.2) is 12.5 Å². The quantitative estimate of drug-likeness (QED) is 0.847. The summed E-state index contributed by atoms with van der Waals surface area (Å²) in [6.07, 6.45) is 1.30. The average molecular weight is 286 g/mol. The van der Waals surface area contributed by atoms with E-state index in [4.69, 9.17) is 0 Å². The third-order valence-corrected chi connectivity index (χ3v) is 3.03. The molecule has 4 heteroatoms. The summed E-state index contributed by atoms with van der Waals surface area (Å²) in [5, 5.41) is 6.10. The Bertz CT molecular complexity index is 579. The molecule has 0 spiro atoms. The van der Waals surface area contributed by atoms with E-state index in [0.29, 0.717) is 0 Å². The summed E-state index contributed by atoms with van der Waals surface area (Å²) in [6.45, 7) is 3.04. The highest BCUT2D eigenvalue weighted by Gasteiger charge is 2.04. The molecular weight excluding hydrogens is 267 g/mol. The predicted molar refractivity (Wildman–Crippen MR) is 84.0 cm³/mol. The average Bonchev–Trinajstić information content (AvgIpc) is 2.49. The van der Waals surface area contributed by atoms with Crippen molar-refractivity contribution >= 4 is 17.3 Å². The fraction of sp³-hybridized carbons (Fsp3) is 0.235. The van der Waals surface area contributed by atoms with Crippen molar-refractivity contribution < 1.29 is 9.18 Å². The molecule has 0 radical (unpaired) electrons. The van der Waals surface area contributed by atoms with E-state index in [0.717, 1.165) is 29.9 Å². The minimum Gasteiger partial charge on any atom is -0.385 e. The van der Waals surface area contributed by atoms with Crippen molar-refractivity contribution in [3.63, 3.8) is 0 Å². The molecule has 2 rings (SSSR count). The molecule has 0 heterocycles. The molecule has 0 bridgehead atoms. The molecule has 0 saturated heterocycles. The second kappa shape index (κ2) is 7.43. The fourth-order valence-corrected chi connectivity index (χ4v) is 1.93. The zero-order chi connectivity index (χ0) is 15.1. The number of nitrogens with one attached hydrogen (secondary N) is 2. The Balaban J connectivity index is 1.88. The van der Waals surface area contributed by atoms with Gasteiger partial charge in [0.2, 0.25) is 5.91 Å². The van der Waals surface area contributed by atoms with Crippen LogP contribution in [0.3, 0.4) is 0 Å². The van der Waals surface area contributed by atoms with Gasteiger partial charge < -0.3 is 10.6 Å². The van der Waals surface area contributed by atoms with Gasteiger partial charge in [-0.15, -0.1) is 0 Å². The molecule has 2 aromatic carbocycles. The number of amides is 1. The number of benzene rings is 2. The summed E-state index contributed by atoms with van der Waals surface area (Å²) in [5.74, 6) is -0.412. The number of halogens is 1. The lowest BCUT2D eigenvalue weighted by Gasteiger charge is -2.08. The zero-order valence-electron chi connectivity index (χ0n) is 12.0. The van der Waals surface area contributed by atoms with Crippen LogP contribution in [0, 0.1) is 5.82 Å². The van der Waals surface area contributed by atoms with Crippen LogP contribution in [0.25, 0.3) is 0 Å². The largest absolute Gasteiger partial charge is 0.385 e. The van der Waals surface area contributed by atoms with Crippen LogP contribution < -0.4 is 10.6 Å². The maximum atomic E-state index is 12.8. The Morgan fingerprint density at radius 1 is 1.00 bits per heavy atom. The van der Waals surface area contributed by atoms with Gasteiger partial charge in [0.25, 0.3) is 0 Å². The van der Waals surface area contributed by atoms with Gasteiger partial charge in [-0.2, -0.15) is 0 Å². The van der Waals surface area contributed by atoms with Gasteiger partial charge in [-0.3, -0.25) is 4.79 Å². The predicted octanol–water partition coefficient (Wildman–Crippen LogP) is 3.83. The van der Waals surface area contributed by atoms with Gasteiger partial charge >= 0.3 is 0 Å². The summed E-state index contributed by atoms with van der Waals surface area (Å²) >= 11 is 0. The smallest absolute Gasteiger partial charge is 0.228 e. The van der Waals surface area contributed by atoms with Gasteiger partial charge in [-0.25, -0.2) is 4.39 Å². The summed E-state index contributed by atoms with van der Waals surface area (Å²) in [5.41, 5.74) is 2.58. The summed E-state index contributed by atoms with van der Waals surface area (Å²) in [7, 11) is 0. The number of anilines is 2. The van der Waals surface area contributed by atoms with Gasteiger partial charge in [0, 0.05) is 17.9 Å². The van der Waals surface area contributed by atoms with Crippen molar-refractivity contribution in [1.82, 2.24) is 0 Å². The molecule has 0 saturated carbocycles. The maximum absolute atomic E-state index is 12.8. The first-order valence-corrected chi connectivity index (χ1v) is 7.05. The van der Waals surface area contributed by atoms with Gasteiger partial charge in [-0.1, -0.05) is 19.1 Å². The van der Waals surface area contributed by atoms with E-state index in [1.165, 1.54) is 12.1 Å². The summed E-state index contributed by atoms with van der Waals surface area (Å²) < 4.78 is 12.8. The van der Waals surface area contributed by atoms with Gasteiger partial charge in [0.05, 0.1) is 6.42 Å². The van der Waals surface area contributed by atoms with Crippen LogP contribution >= 0.6 is 0 Å². The van der Waals surface area contributed by atoms with Crippen LogP contribution in [0.1, 0.15) is 18.9 Å². The molecular formula is C17H19FN2O. The van der Waals surface area contributed by atoms with Crippen molar-refractivity contribution in [3.8, 4) is 0 Å². The zero-order valence-corrected chi connectivity index (χ0v) is 12.0. The van der Waals surface area contributed by atoms with Crippen LogP contribution in [-0.2, 0) is 11.2 Å². The van der Waals surface area contributed by atoms with Crippen molar-refractivity contribution in [1.29, 1.82) is 0 Å². The molecule has 110 valence electrons. The third-order valence-electron chi connectivity index (χ3n) is 3.03. The molecule has 0 aliphatic heterocycles. The molecule has 0 fully saturated rings. The Labute approximate surface area is 124 Å². The van der Waals surface area contributed by atoms with Crippen molar-refractivity contribution in [2.45, 2.75) is 19.8 Å². The summed E-state index contributed by atoms with van der Waals surface area (Å²) in [6, 6.07) is 13.5. The second-order valence-electron chi connectivity index (χ2n) is 4.86. The Morgan fingerprint density at radius 2 is 1.62 bits per heavy atom. The van der Waals surface area contributed by atoms with Gasteiger partial charge in [0.15, 0.2) is 0 Å². The maximum Gasteiger partial charge on any atom is 0.228 e. The van der Waals surface area contributed by atoms with Crippen molar-refractivity contribution in [2.75, 3.05) is 17.2 Å². The van der Waals surface area contributed by atoms with E-state index in [9.17, 15) is 9.18 Å². The molecule has 0 unspecified atom stereocenters. The first kappa shape index (κ1) is 15.0.